The molecule has 2 aliphatic carbocycles. The molecule has 0 amide bonds. The molecule has 4 heteroatoms. The second-order valence-corrected chi connectivity index (χ2v) is 12.1. The summed E-state index contributed by atoms with van der Waals surface area (Å²) < 4.78 is 0. The van der Waals surface area contributed by atoms with Crippen molar-refractivity contribution in [2.24, 2.45) is 22.2 Å². The van der Waals surface area contributed by atoms with Gasteiger partial charge in [-0.1, -0.05) is 79.1 Å². The van der Waals surface area contributed by atoms with E-state index in [9.17, 15) is 19.5 Å². The van der Waals surface area contributed by atoms with Crippen LogP contribution in [-0.2, 0) is 9.59 Å². The second kappa shape index (κ2) is 10.4. The number of fused-ring (bicyclic) bond motifs is 2. The first kappa shape index (κ1) is 28.6. The molecule has 198 valence electrons. The number of rotatable bonds is 8. The molecule has 1 saturated carbocycles. The summed E-state index contributed by atoms with van der Waals surface area (Å²) in [6, 6.07) is 8.68. The molecule has 3 rings (SSSR count). The van der Waals surface area contributed by atoms with Gasteiger partial charge in [-0.3, -0.25) is 14.4 Å². The van der Waals surface area contributed by atoms with Crippen molar-refractivity contribution in [3.63, 3.8) is 0 Å². The van der Waals surface area contributed by atoms with E-state index < -0.39 is 33.6 Å². The lowest BCUT2D eigenvalue weighted by atomic mass is 9.39. The van der Waals surface area contributed by atoms with Crippen molar-refractivity contribution in [2.45, 2.75) is 81.1 Å². The van der Waals surface area contributed by atoms with Crippen molar-refractivity contribution >= 4 is 17.3 Å². The topological polar surface area (TPSA) is 71.4 Å². The van der Waals surface area contributed by atoms with Gasteiger partial charge in [-0.2, -0.15) is 0 Å². The van der Waals surface area contributed by atoms with E-state index in [2.05, 4.69) is 6.08 Å². The maximum atomic E-state index is 14.8. The van der Waals surface area contributed by atoms with Gasteiger partial charge < -0.3 is 5.11 Å². The van der Waals surface area contributed by atoms with E-state index in [1.54, 1.807) is 24.3 Å². The van der Waals surface area contributed by atoms with Crippen LogP contribution in [0.25, 0.3) is 0 Å². The highest BCUT2D eigenvalue weighted by molar-refractivity contribution is 6.36. The van der Waals surface area contributed by atoms with Crippen LogP contribution in [-0.4, -0.2) is 22.5 Å². The number of aliphatic hydroxyl groups excluding tert-OH is 1. The van der Waals surface area contributed by atoms with Gasteiger partial charge in [0.15, 0.2) is 22.8 Å². The van der Waals surface area contributed by atoms with Crippen LogP contribution in [0.5, 0.6) is 0 Å². The summed E-state index contributed by atoms with van der Waals surface area (Å²) in [6.07, 6.45) is 7.41. The van der Waals surface area contributed by atoms with Crippen molar-refractivity contribution in [1.82, 2.24) is 0 Å². The Balaban J connectivity index is 2.45. The zero-order chi connectivity index (χ0) is 27.8. The zero-order valence-corrected chi connectivity index (χ0v) is 23.7. The van der Waals surface area contributed by atoms with Crippen molar-refractivity contribution in [3.8, 4) is 0 Å². The Bertz CT molecular complexity index is 1210. The van der Waals surface area contributed by atoms with Crippen molar-refractivity contribution in [3.05, 3.63) is 82.2 Å². The molecule has 0 saturated heterocycles. The molecule has 0 unspecified atom stereocenters. The van der Waals surface area contributed by atoms with Gasteiger partial charge in [0.05, 0.1) is 5.41 Å². The van der Waals surface area contributed by atoms with Crippen LogP contribution in [0.3, 0.4) is 0 Å². The largest absolute Gasteiger partial charge is 0.511 e. The maximum absolute atomic E-state index is 14.8. The summed E-state index contributed by atoms with van der Waals surface area (Å²) in [4.78, 5) is 43.9. The average molecular weight is 503 g/mol. The minimum Gasteiger partial charge on any atom is -0.511 e. The Morgan fingerprint density at radius 3 is 2.03 bits per heavy atom. The third-order valence-electron chi connectivity index (χ3n) is 8.47. The first-order valence-corrected chi connectivity index (χ1v) is 13.3. The number of hydrogen-bond acceptors (Lipinski definition) is 4. The van der Waals surface area contributed by atoms with Gasteiger partial charge in [0.25, 0.3) is 0 Å². The van der Waals surface area contributed by atoms with Crippen molar-refractivity contribution in [2.75, 3.05) is 0 Å². The number of allylic oxidation sites excluding steroid dienone is 8. The molecule has 0 heterocycles. The highest BCUT2D eigenvalue weighted by atomic mass is 16.3. The predicted octanol–water partition coefficient (Wildman–Crippen LogP) is 7.92. The highest BCUT2D eigenvalue weighted by Crippen LogP contribution is 2.66. The van der Waals surface area contributed by atoms with Crippen molar-refractivity contribution < 1.29 is 19.5 Å². The zero-order valence-electron chi connectivity index (χ0n) is 23.7. The van der Waals surface area contributed by atoms with Crippen LogP contribution in [0.2, 0.25) is 0 Å². The number of carbonyl (C=O) groups excluding carboxylic acids is 3. The molecule has 2 aliphatic rings. The first-order valence-electron chi connectivity index (χ1n) is 13.3. The van der Waals surface area contributed by atoms with Gasteiger partial charge in [-0.05, 0) is 78.6 Å². The van der Waals surface area contributed by atoms with Gasteiger partial charge in [0, 0.05) is 11.1 Å². The SMILES string of the molecule is CC(C)=CCC1=C(O)[C@@]2(CC=C(C)C)C[C@H](CC=C(C)C)C(C)(C)[C@@](C(=O)c3ccccc3)(C1=O)C2=O. The lowest BCUT2D eigenvalue weighted by Gasteiger charge is -2.59. The Morgan fingerprint density at radius 2 is 1.49 bits per heavy atom. The first-order chi connectivity index (χ1) is 17.2. The van der Waals surface area contributed by atoms with Gasteiger partial charge in [0.2, 0.25) is 0 Å². The van der Waals surface area contributed by atoms with E-state index >= 15 is 0 Å². The normalized spacial score (nSPS) is 26.4. The van der Waals surface area contributed by atoms with E-state index in [1.807, 2.05) is 73.6 Å². The third-order valence-corrected chi connectivity index (χ3v) is 8.47. The summed E-state index contributed by atoms with van der Waals surface area (Å²) >= 11 is 0. The van der Waals surface area contributed by atoms with Crippen LogP contribution in [0.15, 0.2) is 76.6 Å². The summed E-state index contributed by atoms with van der Waals surface area (Å²) in [5.41, 5.74) is -0.517. The molecule has 0 aromatic heterocycles. The van der Waals surface area contributed by atoms with Gasteiger partial charge in [-0.25, -0.2) is 0 Å². The van der Waals surface area contributed by atoms with Gasteiger partial charge in [-0.15, -0.1) is 0 Å². The van der Waals surface area contributed by atoms with Crippen LogP contribution >= 0.6 is 0 Å². The Kier molecular flexibility index (Phi) is 8.02. The molecule has 4 nitrogen and oxygen atoms in total. The summed E-state index contributed by atoms with van der Waals surface area (Å²) in [5, 5.41) is 11.8. The van der Waals surface area contributed by atoms with E-state index in [4.69, 9.17) is 0 Å². The molecule has 1 aromatic carbocycles. The monoisotopic (exact) mass is 502 g/mol. The van der Waals surface area contributed by atoms with Crippen LogP contribution in [0.4, 0.5) is 0 Å². The average Bonchev–Trinajstić information content (AvgIpc) is 2.82. The fourth-order valence-electron chi connectivity index (χ4n) is 6.16. The summed E-state index contributed by atoms with van der Waals surface area (Å²) in [7, 11) is 0. The van der Waals surface area contributed by atoms with E-state index in [0.717, 1.165) is 16.7 Å². The molecule has 0 spiro atoms. The van der Waals surface area contributed by atoms with Gasteiger partial charge >= 0.3 is 0 Å². The molecule has 1 N–H and O–H groups in total. The predicted molar refractivity (Wildman–Crippen MR) is 149 cm³/mol. The summed E-state index contributed by atoms with van der Waals surface area (Å²) in [6.45, 7) is 15.6. The maximum Gasteiger partial charge on any atom is 0.184 e. The van der Waals surface area contributed by atoms with Crippen molar-refractivity contribution in [1.29, 1.82) is 0 Å². The number of Topliss-reactive ketones (excluding diaryl/α,β-unsaturated/α-hetero) is 3. The Morgan fingerprint density at radius 1 is 0.919 bits per heavy atom. The molecule has 1 fully saturated rings. The Labute approximate surface area is 222 Å². The van der Waals surface area contributed by atoms with Crippen LogP contribution in [0.1, 0.15) is 91.4 Å². The quantitative estimate of drug-likeness (QED) is 0.223. The smallest absolute Gasteiger partial charge is 0.184 e. The molecule has 37 heavy (non-hydrogen) atoms. The highest BCUT2D eigenvalue weighted by Gasteiger charge is 2.74. The second-order valence-electron chi connectivity index (χ2n) is 12.1. The molecule has 0 radical (unpaired) electrons. The molecule has 0 aliphatic heterocycles. The fraction of sp³-hybridized carbons (Fsp3) is 0.485. The minimum atomic E-state index is -1.92. The van der Waals surface area contributed by atoms with E-state index in [0.29, 0.717) is 18.4 Å². The molecule has 1 aromatic rings. The Hall–Kier alpha value is -3.01. The number of aliphatic hydroxyl groups is 1. The lowest BCUT2D eigenvalue weighted by molar-refractivity contribution is -0.164. The third kappa shape index (κ3) is 4.60. The number of benzene rings is 1. The lowest BCUT2D eigenvalue weighted by Crippen LogP contribution is -2.69. The number of ketones is 3. The standard InChI is InChI=1S/C33H42O4/c1-21(2)14-16-25-20-32(19-18-23(5)6)28(35)26(17-15-22(3)4)29(36)33(30(32)37,31(25,7)8)27(34)24-12-10-9-11-13-24/h9-15,18,25,35H,16-17,19-20H2,1-8H3/t25-,32+,33-/m0/s1. The minimum absolute atomic E-state index is 0.147. The van der Waals surface area contributed by atoms with Crippen LogP contribution < -0.4 is 0 Å². The molecule has 3 atom stereocenters. The van der Waals surface area contributed by atoms with Crippen LogP contribution in [0, 0.1) is 22.2 Å². The molecular weight excluding hydrogens is 460 g/mol. The summed E-state index contributed by atoms with van der Waals surface area (Å²) in [5.74, 6) is -1.77. The molecule has 2 bridgehead atoms. The van der Waals surface area contributed by atoms with Gasteiger partial charge in [0.1, 0.15) is 5.76 Å². The molecular formula is C33H42O4. The fourth-order valence-corrected chi connectivity index (χ4v) is 6.16. The van der Waals surface area contributed by atoms with E-state index in [1.165, 1.54) is 0 Å². The number of hydrogen-bond donors (Lipinski definition) is 1. The number of carbonyl (C=O) groups is 3. The van der Waals surface area contributed by atoms with E-state index in [-0.39, 0.29) is 30.1 Å².